The van der Waals surface area contributed by atoms with E-state index in [4.69, 9.17) is 4.74 Å². The van der Waals surface area contributed by atoms with Crippen molar-refractivity contribution < 1.29 is 9.53 Å². The molecule has 4 nitrogen and oxygen atoms in total. The van der Waals surface area contributed by atoms with Gasteiger partial charge in [-0.3, -0.25) is 9.89 Å². The molecule has 0 radical (unpaired) electrons. The molecule has 2 unspecified atom stereocenters. The molecule has 22 heavy (non-hydrogen) atoms. The van der Waals surface area contributed by atoms with Crippen molar-refractivity contribution in [2.45, 2.75) is 64.8 Å². The summed E-state index contributed by atoms with van der Waals surface area (Å²) in [5, 5.41) is 0. The highest BCUT2D eigenvalue weighted by atomic mass is 16.5. The third-order valence-corrected chi connectivity index (χ3v) is 5.81. The van der Waals surface area contributed by atoms with Gasteiger partial charge in [0.15, 0.2) is 0 Å². The van der Waals surface area contributed by atoms with Crippen LogP contribution < -0.4 is 0 Å². The molecule has 122 valence electrons. The summed E-state index contributed by atoms with van der Waals surface area (Å²) in [5.74, 6) is 0.160. The van der Waals surface area contributed by atoms with Gasteiger partial charge in [0.05, 0.1) is 12.1 Å². The van der Waals surface area contributed by atoms with Crippen LogP contribution in [0.5, 0.6) is 0 Å². The number of rotatable bonds is 3. The predicted octanol–water partition coefficient (Wildman–Crippen LogP) is 3.32. The number of fused-ring (bicyclic) bond motifs is 1. The normalized spacial score (nSPS) is 32.7. The summed E-state index contributed by atoms with van der Waals surface area (Å²) in [4.78, 5) is 19.8. The predicted molar refractivity (Wildman–Crippen MR) is 87.9 cm³/mol. The van der Waals surface area contributed by atoms with Gasteiger partial charge in [0.2, 0.25) is 0 Å². The smallest absolute Gasteiger partial charge is 0.356 e. The molecule has 0 aromatic carbocycles. The first kappa shape index (κ1) is 15.7. The van der Waals surface area contributed by atoms with E-state index in [2.05, 4.69) is 23.7 Å². The summed E-state index contributed by atoms with van der Waals surface area (Å²) < 4.78 is 5.30. The van der Waals surface area contributed by atoms with E-state index in [-0.39, 0.29) is 11.5 Å². The quantitative estimate of drug-likeness (QED) is 0.751. The Labute approximate surface area is 133 Å². The minimum absolute atomic E-state index is 0.0165. The van der Waals surface area contributed by atoms with E-state index >= 15 is 0 Å². The number of carbonyl (C=O) groups is 1. The number of carbonyl (C=O) groups excluding carboxylic acids is 1. The lowest BCUT2D eigenvalue weighted by Crippen LogP contribution is -2.58. The number of nitrogens with zero attached hydrogens (tertiary/aromatic N) is 2. The molecule has 0 aromatic heterocycles. The van der Waals surface area contributed by atoms with Crippen molar-refractivity contribution in [3.63, 3.8) is 0 Å². The molecule has 0 N–H and O–H groups in total. The van der Waals surface area contributed by atoms with Crippen LogP contribution in [0, 0.1) is 5.92 Å². The van der Waals surface area contributed by atoms with Crippen molar-refractivity contribution in [2.24, 2.45) is 10.9 Å². The van der Waals surface area contributed by atoms with E-state index in [1.807, 2.05) is 6.92 Å². The van der Waals surface area contributed by atoms with E-state index in [9.17, 15) is 4.79 Å². The summed E-state index contributed by atoms with van der Waals surface area (Å²) in [5.41, 5.74) is 2.98. The van der Waals surface area contributed by atoms with Crippen LogP contribution in [0.4, 0.5) is 0 Å². The van der Waals surface area contributed by atoms with E-state index in [0.717, 1.165) is 38.1 Å². The number of aliphatic imine (C=N–C) groups is 1. The van der Waals surface area contributed by atoms with E-state index in [1.54, 1.807) is 0 Å². The average Bonchev–Trinajstić information content (AvgIpc) is 3.06. The summed E-state index contributed by atoms with van der Waals surface area (Å²) in [7, 11) is 0. The third kappa shape index (κ3) is 2.32. The summed E-state index contributed by atoms with van der Waals surface area (Å²) in [6.07, 6.45) is 7.09. The van der Waals surface area contributed by atoms with Gasteiger partial charge in [0, 0.05) is 11.6 Å². The first-order chi connectivity index (χ1) is 10.6. The first-order valence-corrected chi connectivity index (χ1v) is 8.82. The fourth-order valence-corrected chi connectivity index (χ4v) is 4.66. The zero-order chi connectivity index (χ0) is 15.7. The van der Waals surface area contributed by atoms with Gasteiger partial charge in [-0.2, -0.15) is 0 Å². The molecular weight excluding hydrogens is 276 g/mol. The molecule has 0 spiro atoms. The first-order valence-electron chi connectivity index (χ1n) is 8.82. The second kappa shape index (κ2) is 6.15. The zero-order valence-electron chi connectivity index (χ0n) is 14.2. The van der Waals surface area contributed by atoms with Gasteiger partial charge < -0.3 is 4.74 Å². The number of hydrogen-bond donors (Lipinski definition) is 0. The van der Waals surface area contributed by atoms with Crippen LogP contribution >= 0.6 is 0 Å². The molecule has 2 aliphatic heterocycles. The van der Waals surface area contributed by atoms with Crippen LogP contribution in [-0.4, -0.2) is 41.8 Å². The molecule has 4 heteroatoms. The Bertz CT molecular complexity index is 517. The Hall–Kier alpha value is -1.16. The summed E-state index contributed by atoms with van der Waals surface area (Å²) >= 11 is 0. The number of ether oxygens (including phenoxy) is 1. The molecule has 1 aliphatic carbocycles. The summed E-state index contributed by atoms with van der Waals surface area (Å²) in [6, 6.07) is 0. The lowest BCUT2D eigenvalue weighted by atomic mass is 9.65. The molecule has 2 fully saturated rings. The maximum Gasteiger partial charge on any atom is 0.356 e. The molecule has 2 atom stereocenters. The van der Waals surface area contributed by atoms with Crippen LogP contribution in [0.3, 0.4) is 0 Å². The number of esters is 1. The molecule has 2 heterocycles. The van der Waals surface area contributed by atoms with Gasteiger partial charge in [0.25, 0.3) is 0 Å². The van der Waals surface area contributed by atoms with Crippen LogP contribution in [0.15, 0.2) is 16.3 Å². The van der Waals surface area contributed by atoms with Gasteiger partial charge in [0.1, 0.15) is 5.70 Å². The lowest BCUT2D eigenvalue weighted by molar-refractivity contribution is -0.138. The lowest BCUT2D eigenvalue weighted by Gasteiger charge is -2.52. The van der Waals surface area contributed by atoms with Gasteiger partial charge in [-0.15, -0.1) is 0 Å². The second-order valence-corrected chi connectivity index (χ2v) is 6.85. The Kier molecular flexibility index (Phi) is 4.40. The highest BCUT2D eigenvalue weighted by molar-refractivity contribution is 5.98. The standard InChI is InChI=1S/C18H28N2O2/c1-4-22-17(21)16-15-9-5-6-10-18(15,13(2)14(3)19-16)20-11-7-8-12-20/h13H,4-12H2,1-3H3. The minimum Gasteiger partial charge on any atom is -0.461 e. The number of hydrogen-bond acceptors (Lipinski definition) is 4. The fourth-order valence-electron chi connectivity index (χ4n) is 4.66. The van der Waals surface area contributed by atoms with Crippen LogP contribution in [-0.2, 0) is 9.53 Å². The van der Waals surface area contributed by atoms with Gasteiger partial charge in [-0.05, 0) is 64.6 Å². The van der Waals surface area contributed by atoms with Crippen molar-refractivity contribution in [3.05, 3.63) is 11.3 Å². The monoisotopic (exact) mass is 304 g/mol. The number of likely N-dealkylation sites (tertiary alicyclic amines) is 1. The van der Waals surface area contributed by atoms with Gasteiger partial charge >= 0.3 is 5.97 Å². The van der Waals surface area contributed by atoms with Crippen molar-refractivity contribution in [1.29, 1.82) is 0 Å². The molecular formula is C18H28N2O2. The van der Waals surface area contributed by atoms with Crippen molar-refractivity contribution in [2.75, 3.05) is 19.7 Å². The molecule has 0 bridgehead atoms. The minimum atomic E-state index is -0.228. The Morgan fingerprint density at radius 3 is 2.73 bits per heavy atom. The topological polar surface area (TPSA) is 41.9 Å². The maximum absolute atomic E-state index is 12.5. The average molecular weight is 304 g/mol. The largest absolute Gasteiger partial charge is 0.461 e. The second-order valence-electron chi connectivity index (χ2n) is 6.85. The molecule has 0 aromatic rings. The Balaban J connectivity index is 2.10. The van der Waals surface area contributed by atoms with Crippen molar-refractivity contribution >= 4 is 11.7 Å². The van der Waals surface area contributed by atoms with Crippen molar-refractivity contribution in [3.8, 4) is 0 Å². The van der Waals surface area contributed by atoms with E-state index in [0.29, 0.717) is 18.2 Å². The van der Waals surface area contributed by atoms with Crippen molar-refractivity contribution in [1.82, 2.24) is 4.90 Å². The maximum atomic E-state index is 12.5. The van der Waals surface area contributed by atoms with Crippen LogP contribution in [0.2, 0.25) is 0 Å². The molecule has 3 rings (SSSR count). The molecule has 0 amide bonds. The molecule has 1 saturated heterocycles. The molecule has 3 aliphatic rings. The highest BCUT2D eigenvalue weighted by Gasteiger charge is 2.51. The highest BCUT2D eigenvalue weighted by Crippen LogP contribution is 2.49. The van der Waals surface area contributed by atoms with E-state index < -0.39 is 0 Å². The SMILES string of the molecule is CCOC(=O)C1=C2CCCCC2(N2CCCC2)C(C)C(C)=N1. The van der Waals surface area contributed by atoms with E-state index in [1.165, 1.54) is 24.8 Å². The Morgan fingerprint density at radius 1 is 1.32 bits per heavy atom. The zero-order valence-corrected chi connectivity index (χ0v) is 14.2. The fraction of sp³-hybridized carbons (Fsp3) is 0.778. The summed E-state index contributed by atoms with van der Waals surface area (Å²) in [6.45, 7) is 8.95. The molecule has 1 saturated carbocycles. The Morgan fingerprint density at radius 2 is 2.05 bits per heavy atom. The van der Waals surface area contributed by atoms with Crippen LogP contribution in [0.1, 0.15) is 59.3 Å². The van der Waals surface area contributed by atoms with Gasteiger partial charge in [-0.1, -0.05) is 13.3 Å². The van der Waals surface area contributed by atoms with Crippen LogP contribution in [0.25, 0.3) is 0 Å². The van der Waals surface area contributed by atoms with Gasteiger partial charge in [-0.25, -0.2) is 4.79 Å². The third-order valence-electron chi connectivity index (χ3n) is 5.81.